The zero-order chi connectivity index (χ0) is 17.5. The topological polar surface area (TPSA) is 38.3 Å². The average Bonchev–Trinajstić information content (AvgIpc) is 2.56. The standard InChI is InChI=1S/C21H27NO2/c1-15(2)13-19(18-10-6-5-7-11-18)22-21(23)14-24-20-12-8-9-16(3)17(20)4/h5-12,15,19H,13-14H2,1-4H3,(H,22,23)/t19-/m0/s1. The molecule has 2 aromatic carbocycles. The van der Waals surface area contributed by atoms with E-state index in [2.05, 4.69) is 31.3 Å². The van der Waals surface area contributed by atoms with Gasteiger partial charge in [-0.05, 0) is 48.9 Å². The zero-order valence-corrected chi connectivity index (χ0v) is 15.0. The van der Waals surface area contributed by atoms with Gasteiger partial charge in [-0.25, -0.2) is 0 Å². The van der Waals surface area contributed by atoms with Crippen molar-refractivity contribution in [1.29, 1.82) is 0 Å². The number of aryl methyl sites for hydroxylation is 1. The maximum atomic E-state index is 12.3. The first-order chi connectivity index (χ1) is 11.5. The van der Waals surface area contributed by atoms with Gasteiger partial charge in [0.25, 0.3) is 5.91 Å². The first-order valence-electron chi connectivity index (χ1n) is 8.50. The molecule has 1 N–H and O–H groups in total. The van der Waals surface area contributed by atoms with E-state index in [1.807, 2.05) is 50.2 Å². The highest BCUT2D eigenvalue weighted by Crippen LogP contribution is 2.22. The number of nitrogens with one attached hydrogen (secondary N) is 1. The molecular formula is C21H27NO2. The minimum Gasteiger partial charge on any atom is -0.483 e. The Morgan fingerprint density at radius 1 is 1.04 bits per heavy atom. The Labute approximate surface area is 145 Å². The molecule has 0 bridgehead atoms. The summed E-state index contributed by atoms with van der Waals surface area (Å²) in [5.41, 5.74) is 3.37. The highest BCUT2D eigenvalue weighted by molar-refractivity contribution is 5.78. The quantitative estimate of drug-likeness (QED) is 0.809. The monoisotopic (exact) mass is 325 g/mol. The second kappa shape index (κ2) is 8.53. The maximum absolute atomic E-state index is 12.3. The van der Waals surface area contributed by atoms with Crippen molar-refractivity contribution in [2.75, 3.05) is 6.61 Å². The van der Waals surface area contributed by atoms with Crippen LogP contribution < -0.4 is 10.1 Å². The first-order valence-corrected chi connectivity index (χ1v) is 8.50. The van der Waals surface area contributed by atoms with Crippen LogP contribution in [0.2, 0.25) is 0 Å². The number of benzene rings is 2. The molecule has 2 rings (SSSR count). The molecule has 3 heteroatoms. The van der Waals surface area contributed by atoms with Crippen molar-refractivity contribution in [3.63, 3.8) is 0 Å². The highest BCUT2D eigenvalue weighted by Gasteiger charge is 2.16. The summed E-state index contributed by atoms with van der Waals surface area (Å²) in [5, 5.41) is 3.11. The van der Waals surface area contributed by atoms with E-state index < -0.39 is 0 Å². The minimum absolute atomic E-state index is 0.0147. The molecule has 1 atom stereocenters. The third-order valence-corrected chi connectivity index (χ3v) is 4.16. The van der Waals surface area contributed by atoms with Gasteiger partial charge in [0.15, 0.2) is 6.61 Å². The van der Waals surface area contributed by atoms with Crippen LogP contribution in [0, 0.1) is 19.8 Å². The van der Waals surface area contributed by atoms with Gasteiger partial charge in [0.2, 0.25) is 0 Å². The Hall–Kier alpha value is -2.29. The summed E-state index contributed by atoms with van der Waals surface area (Å²) in [4.78, 5) is 12.3. The molecule has 1 amide bonds. The lowest BCUT2D eigenvalue weighted by Crippen LogP contribution is -2.33. The average molecular weight is 325 g/mol. The number of amides is 1. The van der Waals surface area contributed by atoms with E-state index in [9.17, 15) is 4.79 Å². The number of rotatable bonds is 7. The third kappa shape index (κ3) is 5.12. The molecule has 0 aliphatic rings. The minimum atomic E-state index is -0.0922. The van der Waals surface area contributed by atoms with Gasteiger partial charge in [0.05, 0.1) is 6.04 Å². The molecule has 0 unspecified atom stereocenters. The van der Waals surface area contributed by atoms with E-state index in [1.165, 1.54) is 0 Å². The van der Waals surface area contributed by atoms with E-state index in [1.54, 1.807) is 0 Å². The van der Waals surface area contributed by atoms with Crippen LogP contribution >= 0.6 is 0 Å². The van der Waals surface area contributed by atoms with Crippen LogP contribution in [-0.2, 0) is 4.79 Å². The van der Waals surface area contributed by atoms with Crippen molar-refractivity contribution in [2.45, 2.75) is 40.2 Å². The van der Waals surface area contributed by atoms with Gasteiger partial charge in [-0.15, -0.1) is 0 Å². The lowest BCUT2D eigenvalue weighted by Gasteiger charge is -2.21. The molecule has 3 nitrogen and oxygen atoms in total. The highest BCUT2D eigenvalue weighted by atomic mass is 16.5. The predicted molar refractivity (Wildman–Crippen MR) is 98.2 cm³/mol. The van der Waals surface area contributed by atoms with Gasteiger partial charge in [-0.3, -0.25) is 4.79 Å². The maximum Gasteiger partial charge on any atom is 0.258 e. The van der Waals surface area contributed by atoms with Crippen molar-refractivity contribution in [3.8, 4) is 5.75 Å². The number of carbonyl (C=O) groups excluding carboxylic acids is 1. The second-order valence-electron chi connectivity index (χ2n) is 6.65. The van der Waals surface area contributed by atoms with Crippen LogP contribution in [0.25, 0.3) is 0 Å². The Morgan fingerprint density at radius 3 is 2.42 bits per heavy atom. The molecule has 0 spiro atoms. The van der Waals surface area contributed by atoms with Crippen LogP contribution in [0.3, 0.4) is 0 Å². The lowest BCUT2D eigenvalue weighted by atomic mass is 9.97. The second-order valence-corrected chi connectivity index (χ2v) is 6.65. The SMILES string of the molecule is Cc1cccc(OCC(=O)N[C@@H](CC(C)C)c2ccccc2)c1C. The summed E-state index contributed by atoms with van der Waals surface area (Å²) < 4.78 is 5.71. The fourth-order valence-corrected chi connectivity index (χ4v) is 2.69. The molecule has 128 valence electrons. The Balaban J connectivity index is 1.99. The molecule has 2 aromatic rings. The Morgan fingerprint density at radius 2 is 1.75 bits per heavy atom. The Bertz CT molecular complexity index is 665. The number of hydrogen-bond donors (Lipinski definition) is 1. The van der Waals surface area contributed by atoms with Crippen LogP contribution in [0.15, 0.2) is 48.5 Å². The predicted octanol–water partition coefficient (Wildman–Crippen LogP) is 4.59. The van der Waals surface area contributed by atoms with Gasteiger partial charge in [-0.1, -0.05) is 56.3 Å². The molecule has 0 fully saturated rings. The molecule has 0 aromatic heterocycles. The normalized spacial score (nSPS) is 12.0. The van der Waals surface area contributed by atoms with Crippen LogP contribution in [0.1, 0.15) is 43.0 Å². The largest absolute Gasteiger partial charge is 0.483 e. The van der Waals surface area contributed by atoms with Crippen molar-refractivity contribution < 1.29 is 9.53 Å². The van der Waals surface area contributed by atoms with E-state index in [0.29, 0.717) is 5.92 Å². The molecule has 0 aliphatic carbocycles. The Kier molecular flexibility index (Phi) is 6.42. The van der Waals surface area contributed by atoms with Crippen LogP contribution in [0.5, 0.6) is 5.75 Å². The van der Waals surface area contributed by atoms with Crippen molar-refractivity contribution >= 4 is 5.91 Å². The molecule has 0 saturated heterocycles. The fraction of sp³-hybridized carbons (Fsp3) is 0.381. The number of ether oxygens (including phenoxy) is 1. The van der Waals surface area contributed by atoms with Gasteiger partial charge < -0.3 is 10.1 Å². The summed E-state index contributed by atoms with van der Waals surface area (Å²) in [6.45, 7) is 8.40. The molecule has 0 aliphatic heterocycles. The van der Waals surface area contributed by atoms with Crippen molar-refractivity contribution in [2.24, 2.45) is 5.92 Å². The van der Waals surface area contributed by atoms with E-state index in [0.717, 1.165) is 28.9 Å². The number of carbonyl (C=O) groups is 1. The van der Waals surface area contributed by atoms with Gasteiger partial charge >= 0.3 is 0 Å². The van der Waals surface area contributed by atoms with Crippen molar-refractivity contribution in [3.05, 3.63) is 65.2 Å². The van der Waals surface area contributed by atoms with Crippen LogP contribution in [-0.4, -0.2) is 12.5 Å². The smallest absolute Gasteiger partial charge is 0.258 e. The molecule has 0 radical (unpaired) electrons. The summed E-state index contributed by atoms with van der Waals surface area (Å²) in [6.07, 6.45) is 0.902. The summed E-state index contributed by atoms with van der Waals surface area (Å²) in [7, 11) is 0. The summed E-state index contributed by atoms with van der Waals surface area (Å²) in [5.74, 6) is 1.17. The van der Waals surface area contributed by atoms with E-state index in [-0.39, 0.29) is 18.6 Å². The van der Waals surface area contributed by atoms with Gasteiger partial charge in [0, 0.05) is 0 Å². The van der Waals surface area contributed by atoms with Gasteiger partial charge in [0.1, 0.15) is 5.75 Å². The first kappa shape index (κ1) is 18.1. The molecule has 0 heterocycles. The third-order valence-electron chi connectivity index (χ3n) is 4.16. The molecule has 0 saturated carbocycles. The van der Waals surface area contributed by atoms with E-state index >= 15 is 0 Å². The fourth-order valence-electron chi connectivity index (χ4n) is 2.69. The lowest BCUT2D eigenvalue weighted by molar-refractivity contribution is -0.124. The van der Waals surface area contributed by atoms with Crippen molar-refractivity contribution in [1.82, 2.24) is 5.32 Å². The zero-order valence-electron chi connectivity index (χ0n) is 15.0. The number of hydrogen-bond acceptors (Lipinski definition) is 2. The van der Waals surface area contributed by atoms with Gasteiger partial charge in [-0.2, -0.15) is 0 Å². The van der Waals surface area contributed by atoms with Crippen LogP contribution in [0.4, 0.5) is 0 Å². The van der Waals surface area contributed by atoms with E-state index in [4.69, 9.17) is 4.74 Å². The summed E-state index contributed by atoms with van der Waals surface area (Å²) >= 11 is 0. The summed E-state index contributed by atoms with van der Waals surface area (Å²) in [6, 6.07) is 16.0. The molecular weight excluding hydrogens is 298 g/mol. The molecule has 24 heavy (non-hydrogen) atoms.